The second-order valence-corrected chi connectivity index (χ2v) is 9.88. The highest BCUT2D eigenvalue weighted by Gasteiger charge is 2.37. The first kappa shape index (κ1) is 17.1. The summed E-state index contributed by atoms with van der Waals surface area (Å²) in [6.07, 6.45) is 3.44. The Labute approximate surface area is 152 Å². The first-order chi connectivity index (χ1) is 12.0. The zero-order chi connectivity index (χ0) is 17.6. The van der Waals surface area contributed by atoms with Crippen LogP contribution in [0.2, 0.25) is 0 Å². The van der Waals surface area contributed by atoms with Crippen molar-refractivity contribution in [2.45, 2.75) is 43.9 Å². The molecular formula is C17H23N3O3S2. The highest BCUT2D eigenvalue weighted by Crippen LogP contribution is 2.37. The second kappa shape index (κ2) is 6.41. The molecule has 136 valence electrons. The third-order valence-electron chi connectivity index (χ3n) is 4.90. The Kier molecular flexibility index (Phi) is 4.37. The van der Waals surface area contributed by atoms with Gasteiger partial charge < -0.3 is 9.64 Å². The molecule has 0 spiro atoms. The quantitative estimate of drug-likeness (QED) is 0.862. The summed E-state index contributed by atoms with van der Waals surface area (Å²) >= 11 is 1.66. The van der Waals surface area contributed by atoms with Crippen molar-refractivity contribution in [2.24, 2.45) is 0 Å². The van der Waals surface area contributed by atoms with Crippen molar-refractivity contribution < 1.29 is 13.2 Å². The Morgan fingerprint density at radius 3 is 2.84 bits per heavy atom. The molecular weight excluding hydrogens is 358 g/mol. The Balaban J connectivity index is 1.57. The van der Waals surface area contributed by atoms with Crippen LogP contribution in [0, 0.1) is 6.92 Å². The van der Waals surface area contributed by atoms with Crippen LogP contribution >= 0.6 is 11.3 Å². The van der Waals surface area contributed by atoms with Gasteiger partial charge in [-0.25, -0.2) is 18.1 Å². The number of fused-ring (bicyclic) bond motifs is 1. The third kappa shape index (κ3) is 3.35. The van der Waals surface area contributed by atoms with Crippen LogP contribution in [-0.4, -0.2) is 44.9 Å². The number of anilines is 1. The molecule has 1 saturated carbocycles. The monoisotopic (exact) mass is 381 g/mol. The number of nitrogens with zero attached hydrogens (tertiary/aromatic N) is 2. The lowest BCUT2D eigenvalue weighted by Crippen LogP contribution is -2.48. The van der Waals surface area contributed by atoms with E-state index in [0.717, 1.165) is 53.3 Å². The smallest absolute Gasteiger partial charge is 0.214 e. The molecule has 1 aromatic heterocycles. The van der Waals surface area contributed by atoms with Gasteiger partial charge in [-0.2, -0.15) is 0 Å². The van der Waals surface area contributed by atoms with Crippen molar-refractivity contribution in [3.8, 4) is 5.75 Å². The van der Waals surface area contributed by atoms with E-state index in [1.54, 1.807) is 18.4 Å². The number of hydrogen-bond donors (Lipinski definition) is 1. The molecule has 2 aromatic rings. The number of sulfonamides is 1. The van der Waals surface area contributed by atoms with Gasteiger partial charge in [0.2, 0.25) is 10.0 Å². The van der Waals surface area contributed by atoms with Crippen LogP contribution in [0.3, 0.4) is 0 Å². The molecule has 1 saturated heterocycles. The van der Waals surface area contributed by atoms with E-state index in [1.807, 2.05) is 12.1 Å². The van der Waals surface area contributed by atoms with Gasteiger partial charge in [-0.05, 0) is 44.2 Å². The fourth-order valence-corrected chi connectivity index (χ4v) is 6.04. The number of piperidine rings is 1. The molecule has 2 fully saturated rings. The van der Waals surface area contributed by atoms with Gasteiger partial charge in [0, 0.05) is 19.1 Å². The van der Waals surface area contributed by atoms with Gasteiger partial charge in [-0.15, -0.1) is 0 Å². The van der Waals surface area contributed by atoms with Gasteiger partial charge in [0.1, 0.15) is 11.3 Å². The molecule has 1 aliphatic heterocycles. The summed E-state index contributed by atoms with van der Waals surface area (Å²) in [5.74, 6) is 0.783. The van der Waals surface area contributed by atoms with Crippen molar-refractivity contribution in [1.82, 2.24) is 9.71 Å². The number of benzene rings is 1. The summed E-state index contributed by atoms with van der Waals surface area (Å²) < 4.78 is 33.9. The van der Waals surface area contributed by atoms with Crippen LogP contribution in [0.5, 0.6) is 5.75 Å². The summed E-state index contributed by atoms with van der Waals surface area (Å²) in [5, 5.41) is 0.773. The van der Waals surface area contributed by atoms with E-state index >= 15 is 0 Å². The van der Waals surface area contributed by atoms with Gasteiger partial charge in [0.25, 0.3) is 0 Å². The molecule has 1 unspecified atom stereocenters. The van der Waals surface area contributed by atoms with Crippen LogP contribution in [0.15, 0.2) is 12.1 Å². The lowest BCUT2D eigenvalue weighted by molar-refractivity contribution is 0.419. The van der Waals surface area contributed by atoms with Gasteiger partial charge in [0.15, 0.2) is 5.13 Å². The Bertz CT molecular complexity index is 890. The molecule has 2 aliphatic rings. The minimum Gasteiger partial charge on any atom is -0.494 e. The standard InChI is InChI=1S/C17H23N3O3S2/c1-11-5-8-14(23-2)15-16(11)24-17(18-15)20-9-3-4-12(10-20)19-25(21,22)13-6-7-13/h5,8,12-13,19H,3-4,6-7,9-10H2,1-2H3. The molecule has 4 rings (SSSR count). The molecule has 1 N–H and O–H groups in total. The largest absolute Gasteiger partial charge is 0.494 e. The van der Waals surface area contributed by atoms with Crippen molar-refractivity contribution in [3.63, 3.8) is 0 Å². The van der Waals surface area contributed by atoms with E-state index in [9.17, 15) is 8.42 Å². The van der Waals surface area contributed by atoms with Crippen molar-refractivity contribution in [3.05, 3.63) is 17.7 Å². The van der Waals surface area contributed by atoms with Crippen LogP contribution in [0.4, 0.5) is 5.13 Å². The topological polar surface area (TPSA) is 71.5 Å². The molecule has 0 radical (unpaired) electrons. The van der Waals surface area contributed by atoms with Crippen molar-refractivity contribution in [2.75, 3.05) is 25.1 Å². The molecule has 1 atom stereocenters. The van der Waals surface area contributed by atoms with Crippen LogP contribution in [-0.2, 0) is 10.0 Å². The number of aromatic nitrogens is 1. The lowest BCUT2D eigenvalue weighted by atomic mass is 10.1. The van der Waals surface area contributed by atoms with Crippen LogP contribution in [0.25, 0.3) is 10.2 Å². The van der Waals surface area contributed by atoms with Crippen LogP contribution < -0.4 is 14.4 Å². The van der Waals surface area contributed by atoms with Gasteiger partial charge in [-0.1, -0.05) is 17.4 Å². The van der Waals surface area contributed by atoms with E-state index in [-0.39, 0.29) is 11.3 Å². The number of methoxy groups -OCH3 is 1. The first-order valence-corrected chi connectivity index (χ1v) is 11.0. The first-order valence-electron chi connectivity index (χ1n) is 8.68. The maximum atomic E-state index is 12.2. The molecule has 0 amide bonds. The Hall–Kier alpha value is -1.38. The van der Waals surface area contributed by atoms with E-state index in [1.165, 1.54) is 5.56 Å². The van der Waals surface area contributed by atoms with Gasteiger partial charge in [-0.3, -0.25) is 0 Å². The van der Waals surface area contributed by atoms with E-state index in [2.05, 4.69) is 16.5 Å². The number of nitrogens with one attached hydrogen (secondary N) is 1. The molecule has 6 nitrogen and oxygen atoms in total. The summed E-state index contributed by atoms with van der Waals surface area (Å²) in [6, 6.07) is 3.96. The zero-order valence-corrected chi connectivity index (χ0v) is 16.1. The number of aryl methyl sites for hydroxylation is 1. The SMILES string of the molecule is COc1ccc(C)c2sc(N3CCCC(NS(=O)(=O)C4CC4)C3)nc12. The highest BCUT2D eigenvalue weighted by atomic mass is 32.2. The Morgan fingerprint density at radius 1 is 1.32 bits per heavy atom. The van der Waals surface area contributed by atoms with E-state index in [0.29, 0.717) is 6.54 Å². The van der Waals surface area contributed by atoms with Crippen molar-refractivity contribution in [1.29, 1.82) is 0 Å². The van der Waals surface area contributed by atoms with Crippen molar-refractivity contribution >= 4 is 36.7 Å². The lowest BCUT2D eigenvalue weighted by Gasteiger charge is -2.32. The minimum atomic E-state index is -3.15. The molecule has 1 aromatic carbocycles. The number of rotatable bonds is 5. The maximum absolute atomic E-state index is 12.2. The summed E-state index contributed by atoms with van der Waals surface area (Å²) in [5.41, 5.74) is 2.07. The normalized spacial score (nSPS) is 21.7. The minimum absolute atomic E-state index is 0.0330. The maximum Gasteiger partial charge on any atom is 0.214 e. The number of hydrogen-bond acceptors (Lipinski definition) is 6. The predicted molar refractivity (Wildman–Crippen MR) is 101 cm³/mol. The van der Waals surface area contributed by atoms with Gasteiger partial charge >= 0.3 is 0 Å². The average molecular weight is 382 g/mol. The predicted octanol–water partition coefficient (Wildman–Crippen LogP) is 2.66. The fourth-order valence-electron chi connectivity index (χ4n) is 3.35. The number of ether oxygens (including phenoxy) is 1. The molecule has 8 heteroatoms. The summed E-state index contributed by atoms with van der Waals surface area (Å²) in [7, 11) is -1.49. The zero-order valence-electron chi connectivity index (χ0n) is 14.5. The summed E-state index contributed by atoms with van der Waals surface area (Å²) in [4.78, 5) is 6.99. The average Bonchev–Trinajstić information content (AvgIpc) is 3.35. The fraction of sp³-hybridized carbons (Fsp3) is 0.588. The summed E-state index contributed by atoms with van der Waals surface area (Å²) in [6.45, 7) is 3.66. The molecule has 2 heterocycles. The highest BCUT2D eigenvalue weighted by molar-refractivity contribution is 7.90. The molecule has 0 bridgehead atoms. The number of thiazole rings is 1. The van der Waals surface area contributed by atoms with Crippen LogP contribution in [0.1, 0.15) is 31.2 Å². The Morgan fingerprint density at radius 2 is 2.12 bits per heavy atom. The molecule has 25 heavy (non-hydrogen) atoms. The van der Waals surface area contributed by atoms with Gasteiger partial charge in [0.05, 0.1) is 17.1 Å². The third-order valence-corrected chi connectivity index (χ3v) is 8.16. The second-order valence-electron chi connectivity index (χ2n) is 6.91. The molecule has 1 aliphatic carbocycles. The van der Waals surface area contributed by atoms with E-state index < -0.39 is 10.0 Å². The van der Waals surface area contributed by atoms with E-state index in [4.69, 9.17) is 9.72 Å².